The second-order valence-corrected chi connectivity index (χ2v) is 2.00. The molecule has 0 atom stereocenters. The molecule has 0 heterocycles. The molecular formula is C7H6ClNa. The van der Waals surface area contributed by atoms with Crippen molar-refractivity contribution in [2.75, 3.05) is 0 Å². The van der Waals surface area contributed by atoms with Crippen LogP contribution in [0.2, 0.25) is 5.02 Å². The minimum absolute atomic E-state index is 0. The second-order valence-electron chi connectivity index (χ2n) is 1.59. The van der Waals surface area contributed by atoms with E-state index in [1.807, 2.05) is 24.3 Å². The molecular weight excluding hydrogens is 143 g/mol. The molecule has 1 aromatic carbocycles. The average Bonchev–Trinajstić information content (AvgIpc) is 1.77. The van der Waals surface area contributed by atoms with E-state index in [-0.39, 0.29) is 29.6 Å². The van der Waals surface area contributed by atoms with Crippen molar-refractivity contribution < 1.29 is 29.6 Å². The standard InChI is InChI=1S/C7H6Cl.Na/c1-6-4-2-3-5-7(6)8;/h2-5H,1H2;/q-1;+1. The molecule has 9 heavy (non-hydrogen) atoms. The normalized spacial score (nSPS) is 8.11. The minimum Gasteiger partial charge on any atom is -0.197 e. The van der Waals surface area contributed by atoms with Crippen molar-refractivity contribution in [1.29, 1.82) is 0 Å². The summed E-state index contributed by atoms with van der Waals surface area (Å²) in [6, 6.07) is 7.50. The van der Waals surface area contributed by atoms with Gasteiger partial charge in [0.1, 0.15) is 0 Å². The SMILES string of the molecule is [CH2-]c1ccccc1Cl.[Na+]. The van der Waals surface area contributed by atoms with Crippen LogP contribution in [0, 0.1) is 6.92 Å². The molecule has 0 aliphatic carbocycles. The molecule has 0 fully saturated rings. The summed E-state index contributed by atoms with van der Waals surface area (Å²) in [5.74, 6) is 0. The third-order valence-corrected chi connectivity index (χ3v) is 1.33. The molecule has 0 aliphatic rings. The molecule has 42 valence electrons. The third kappa shape index (κ3) is 2.63. The zero-order valence-electron chi connectivity index (χ0n) is 5.39. The fourth-order valence-electron chi connectivity index (χ4n) is 0.498. The van der Waals surface area contributed by atoms with Gasteiger partial charge >= 0.3 is 29.6 Å². The maximum absolute atomic E-state index is 5.65. The van der Waals surface area contributed by atoms with Crippen LogP contribution in [0.25, 0.3) is 0 Å². The zero-order valence-corrected chi connectivity index (χ0v) is 8.15. The molecule has 0 spiro atoms. The molecule has 0 radical (unpaired) electrons. The maximum atomic E-state index is 5.65. The Hall–Kier alpha value is 0.380. The summed E-state index contributed by atoms with van der Waals surface area (Å²) in [4.78, 5) is 0. The van der Waals surface area contributed by atoms with Crippen molar-refractivity contribution in [2.45, 2.75) is 0 Å². The Morgan fingerprint density at radius 1 is 1.22 bits per heavy atom. The van der Waals surface area contributed by atoms with Crippen molar-refractivity contribution in [2.24, 2.45) is 0 Å². The molecule has 2 heteroatoms. The Bertz CT molecular complexity index is 165. The van der Waals surface area contributed by atoms with E-state index >= 15 is 0 Å². The maximum Gasteiger partial charge on any atom is 1.00 e. The van der Waals surface area contributed by atoms with Crippen LogP contribution in [-0.4, -0.2) is 0 Å². The first-order valence-corrected chi connectivity index (χ1v) is 2.75. The summed E-state index contributed by atoms with van der Waals surface area (Å²) < 4.78 is 0. The first-order chi connectivity index (χ1) is 3.80. The van der Waals surface area contributed by atoms with Crippen molar-refractivity contribution >= 4 is 11.6 Å². The molecule has 0 nitrogen and oxygen atoms in total. The molecule has 0 N–H and O–H groups in total. The predicted molar refractivity (Wildman–Crippen MR) is 35.9 cm³/mol. The van der Waals surface area contributed by atoms with E-state index in [1.165, 1.54) is 0 Å². The smallest absolute Gasteiger partial charge is 0.197 e. The number of hydrogen-bond acceptors (Lipinski definition) is 0. The monoisotopic (exact) mass is 148 g/mol. The van der Waals surface area contributed by atoms with Crippen LogP contribution in [0.15, 0.2) is 24.3 Å². The van der Waals surface area contributed by atoms with E-state index in [2.05, 4.69) is 6.92 Å². The van der Waals surface area contributed by atoms with E-state index in [9.17, 15) is 0 Å². The van der Waals surface area contributed by atoms with Crippen LogP contribution in [-0.2, 0) is 0 Å². The van der Waals surface area contributed by atoms with Crippen LogP contribution in [0.5, 0.6) is 0 Å². The summed E-state index contributed by atoms with van der Waals surface area (Å²) in [5, 5.41) is 0.729. The molecule has 0 saturated heterocycles. The van der Waals surface area contributed by atoms with Gasteiger partial charge in [-0.15, -0.1) is 12.1 Å². The van der Waals surface area contributed by atoms with E-state index in [0.29, 0.717) is 0 Å². The number of hydrogen-bond donors (Lipinski definition) is 0. The molecule has 0 saturated carbocycles. The topological polar surface area (TPSA) is 0 Å². The Morgan fingerprint density at radius 3 is 2.11 bits per heavy atom. The average molecular weight is 149 g/mol. The number of halogens is 1. The fourth-order valence-corrected chi connectivity index (χ4v) is 0.634. The molecule has 0 amide bonds. The van der Waals surface area contributed by atoms with Gasteiger partial charge < -0.3 is 0 Å². The van der Waals surface area contributed by atoms with E-state index < -0.39 is 0 Å². The first-order valence-electron chi connectivity index (χ1n) is 2.37. The summed E-state index contributed by atoms with van der Waals surface area (Å²) >= 11 is 5.65. The van der Waals surface area contributed by atoms with Gasteiger partial charge in [-0.2, -0.15) is 30.2 Å². The molecule has 0 aliphatic heterocycles. The Kier molecular flexibility index (Phi) is 4.41. The Balaban J connectivity index is 0.000000640. The largest absolute Gasteiger partial charge is 1.00 e. The first kappa shape index (κ1) is 9.38. The van der Waals surface area contributed by atoms with Gasteiger partial charge in [0.25, 0.3) is 0 Å². The van der Waals surface area contributed by atoms with Crippen molar-refractivity contribution in [3.63, 3.8) is 0 Å². The fraction of sp³-hybridized carbons (Fsp3) is 0. The van der Waals surface area contributed by atoms with Gasteiger partial charge in [-0.25, -0.2) is 0 Å². The van der Waals surface area contributed by atoms with Crippen LogP contribution in [0.1, 0.15) is 5.56 Å². The van der Waals surface area contributed by atoms with Gasteiger partial charge in [0, 0.05) is 0 Å². The summed E-state index contributed by atoms with van der Waals surface area (Å²) in [6.07, 6.45) is 0. The van der Waals surface area contributed by atoms with Gasteiger partial charge in [-0.05, 0) is 0 Å². The summed E-state index contributed by atoms with van der Waals surface area (Å²) in [6.45, 7) is 3.69. The minimum atomic E-state index is 0. The number of rotatable bonds is 0. The molecule has 0 bridgehead atoms. The molecule has 1 aromatic rings. The predicted octanol–water partition coefficient (Wildman–Crippen LogP) is -0.474. The second kappa shape index (κ2) is 4.24. The van der Waals surface area contributed by atoms with Crippen LogP contribution in [0.3, 0.4) is 0 Å². The Labute approximate surface area is 82.5 Å². The van der Waals surface area contributed by atoms with Crippen LogP contribution in [0.4, 0.5) is 0 Å². The van der Waals surface area contributed by atoms with E-state index in [4.69, 9.17) is 11.6 Å². The van der Waals surface area contributed by atoms with E-state index in [0.717, 1.165) is 10.6 Å². The Morgan fingerprint density at radius 2 is 1.78 bits per heavy atom. The van der Waals surface area contributed by atoms with Gasteiger partial charge in [-0.3, -0.25) is 0 Å². The molecule has 1 rings (SSSR count). The van der Waals surface area contributed by atoms with Crippen molar-refractivity contribution in [3.05, 3.63) is 41.8 Å². The summed E-state index contributed by atoms with van der Waals surface area (Å²) in [5.41, 5.74) is 0.883. The van der Waals surface area contributed by atoms with Gasteiger partial charge in [0.2, 0.25) is 0 Å². The van der Waals surface area contributed by atoms with Gasteiger partial charge in [0.15, 0.2) is 0 Å². The number of benzene rings is 1. The summed E-state index contributed by atoms with van der Waals surface area (Å²) in [7, 11) is 0. The van der Waals surface area contributed by atoms with Crippen LogP contribution >= 0.6 is 11.6 Å². The molecule has 0 unspecified atom stereocenters. The van der Waals surface area contributed by atoms with Gasteiger partial charge in [-0.1, -0.05) is 11.1 Å². The van der Waals surface area contributed by atoms with E-state index in [1.54, 1.807) is 0 Å². The molecule has 0 aromatic heterocycles. The van der Waals surface area contributed by atoms with Crippen molar-refractivity contribution in [3.8, 4) is 0 Å². The van der Waals surface area contributed by atoms with Crippen LogP contribution < -0.4 is 29.6 Å². The quantitative estimate of drug-likeness (QED) is 0.345. The van der Waals surface area contributed by atoms with Gasteiger partial charge in [0.05, 0.1) is 0 Å². The third-order valence-electron chi connectivity index (χ3n) is 0.958. The zero-order chi connectivity index (χ0) is 5.98. The van der Waals surface area contributed by atoms with Crippen molar-refractivity contribution in [1.82, 2.24) is 0 Å².